The van der Waals surface area contributed by atoms with Crippen molar-refractivity contribution in [3.63, 3.8) is 0 Å². The summed E-state index contributed by atoms with van der Waals surface area (Å²) in [6, 6.07) is 13.1. The monoisotopic (exact) mass is 248 g/mol. The summed E-state index contributed by atoms with van der Waals surface area (Å²) in [7, 11) is 0. The highest BCUT2D eigenvalue weighted by molar-refractivity contribution is 6.22. The average Bonchev–Trinajstić information content (AvgIpc) is 2.32. The Morgan fingerprint density at radius 1 is 1.00 bits per heavy atom. The molecule has 0 aliphatic heterocycles. The first-order valence-electron chi connectivity index (χ1n) is 5.54. The van der Waals surface area contributed by atoms with Crippen LogP contribution in [0.15, 0.2) is 42.5 Å². The van der Waals surface area contributed by atoms with Crippen LogP contribution in [0.1, 0.15) is 27.6 Å². The quantitative estimate of drug-likeness (QED) is 0.672. The molecule has 0 radical (unpaired) electrons. The highest BCUT2D eigenvalue weighted by atomic mass is 35.5. The molecule has 0 bridgehead atoms. The Morgan fingerprint density at radius 3 is 2.35 bits per heavy atom. The fourth-order valence-corrected chi connectivity index (χ4v) is 2.12. The molecule has 2 aromatic carbocycles. The molecule has 0 amide bonds. The van der Waals surface area contributed by atoms with Crippen LogP contribution in [0.25, 0.3) is 0 Å². The molecular formula is C15H14ClF. The molecule has 17 heavy (non-hydrogen) atoms. The maximum atomic E-state index is 13.2. The molecule has 0 fully saturated rings. The van der Waals surface area contributed by atoms with Gasteiger partial charge >= 0.3 is 0 Å². The van der Waals surface area contributed by atoms with Crippen LogP contribution >= 0.6 is 11.6 Å². The van der Waals surface area contributed by atoms with Gasteiger partial charge in [-0.05, 0) is 36.6 Å². The average molecular weight is 249 g/mol. The van der Waals surface area contributed by atoms with Crippen molar-refractivity contribution in [1.82, 2.24) is 0 Å². The van der Waals surface area contributed by atoms with Crippen molar-refractivity contribution >= 4 is 11.6 Å². The first-order chi connectivity index (χ1) is 8.08. The molecule has 0 saturated carbocycles. The van der Waals surface area contributed by atoms with E-state index in [1.165, 1.54) is 11.6 Å². The third-order valence-electron chi connectivity index (χ3n) is 2.81. The molecule has 88 valence electrons. The highest BCUT2D eigenvalue weighted by Gasteiger charge is 2.11. The van der Waals surface area contributed by atoms with Gasteiger partial charge in [0.15, 0.2) is 0 Å². The third kappa shape index (κ3) is 2.67. The topological polar surface area (TPSA) is 0 Å². The van der Waals surface area contributed by atoms with E-state index in [0.29, 0.717) is 5.56 Å². The third-order valence-corrected chi connectivity index (χ3v) is 3.31. The van der Waals surface area contributed by atoms with Crippen LogP contribution in [0.2, 0.25) is 0 Å². The van der Waals surface area contributed by atoms with E-state index in [4.69, 9.17) is 11.6 Å². The normalized spacial score (nSPS) is 12.5. The maximum Gasteiger partial charge on any atom is 0.126 e. The SMILES string of the molecule is Cc1cccc(C(Cl)c2ccc(F)c(C)c2)c1. The van der Waals surface area contributed by atoms with Crippen molar-refractivity contribution in [3.05, 3.63) is 70.5 Å². The van der Waals surface area contributed by atoms with E-state index >= 15 is 0 Å². The van der Waals surface area contributed by atoms with Gasteiger partial charge in [-0.15, -0.1) is 11.6 Å². The minimum absolute atomic E-state index is 0.193. The van der Waals surface area contributed by atoms with Gasteiger partial charge in [0.25, 0.3) is 0 Å². The second-order valence-electron chi connectivity index (χ2n) is 4.29. The highest BCUT2D eigenvalue weighted by Crippen LogP contribution is 2.30. The number of aryl methyl sites for hydroxylation is 2. The Bertz CT molecular complexity index is 534. The fourth-order valence-electron chi connectivity index (χ4n) is 1.85. The van der Waals surface area contributed by atoms with Gasteiger partial charge < -0.3 is 0 Å². The van der Waals surface area contributed by atoms with Gasteiger partial charge in [-0.25, -0.2) is 4.39 Å². The largest absolute Gasteiger partial charge is 0.207 e. The lowest BCUT2D eigenvalue weighted by molar-refractivity contribution is 0.617. The molecule has 0 N–H and O–H groups in total. The van der Waals surface area contributed by atoms with Crippen LogP contribution in [0, 0.1) is 19.7 Å². The van der Waals surface area contributed by atoms with E-state index in [9.17, 15) is 4.39 Å². The molecule has 0 aliphatic carbocycles. The number of rotatable bonds is 2. The molecule has 1 atom stereocenters. The summed E-state index contributed by atoms with van der Waals surface area (Å²) < 4.78 is 13.2. The molecule has 1 unspecified atom stereocenters. The van der Waals surface area contributed by atoms with E-state index in [1.807, 2.05) is 25.1 Å². The Kier molecular flexibility index (Phi) is 3.49. The zero-order chi connectivity index (χ0) is 12.4. The van der Waals surface area contributed by atoms with Crippen LogP contribution in [-0.4, -0.2) is 0 Å². The molecule has 2 aromatic rings. The summed E-state index contributed by atoms with van der Waals surface area (Å²) in [5.74, 6) is -0.193. The van der Waals surface area contributed by atoms with E-state index in [1.54, 1.807) is 19.1 Å². The summed E-state index contributed by atoms with van der Waals surface area (Å²) in [5, 5.41) is -0.228. The van der Waals surface area contributed by atoms with Gasteiger partial charge in [0.05, 0.1) is 5.38 Å². The van der Waals surface area contributed by atoms with Crippen LogP contribution in [0.4, 0.5) is 4.39 Å². The van der Waals surface area contributed by atoms with Crippen molar-refractivity contribution in [1.29, 1.82) is 0 Å². The van der Waals surface area contributed by atoms with Crippen LogP contribution in [0.3, 0.4) is 0 Å². The van der Waals surface area contributed by atoms with Gasteiger partial charge in [-0.1, -0.05) is 42.0 Å². The summed E-state index contributed by atoms with van der Waals surface area (Å²) in [4.78, 5) is 0. The summed E-state index contributed by atoms with van der Waals surface area (Å²) in [6.07, 6.45) is 0. The predicted octanol–water partition coefficient (Wildman–Crippen LogP) is 4.77. The Morgan fingerprint density at radius 2 is 1.71 bits per heavy atom. The number of halogens is 2. The van der Waals surface area contributed by atoms with Gasteiger partial charge in [0.1, 0.15) is 5.82 Å². The van der Waals surface area contributed by atoms with Gasteiger partial charge in [-0.3, -0.25) is 0 Å². The minimum Gasteiger partial charge on any atom is -0.207 e. The second kappa shape index (κ2) is 4.89. The van der Waals surface area contributed by atoms with Gasteiger partial charge in [0.2, 0.25) is 0 Å². The lowest BCUT2D eigenvalue weighted by Gasteiger charge is -2.12. The van der Waals surface area contributed by atoms with Crippen LogP contribution in [0.5, 0.6) is 0 Å². The van der Waals surface area contributed by atoms with Crippen molar-refractivity contribution in [3.8, 4) is 0 Å². The fraction of sp³-hybridized carbons (Fsp3) is 0.200. The summed E-state index contributed by atoms with van der Waals surface area (Å²) >= 11 is 6.41. The number of hydrogen-bond donors (Lipinski definition) is 0. The molecule has 0 heterocycles. The Hall–Kier alpha value is -1.34. The van der Waals surface area contributed by atoms with Gasteiger partial charge in [0, 0.05) is 0 Å². The van der Waals surface area contributed by atoms with E-state index in [-0.39, 0.29) is 11.2 Å². The van der Waals surface area contributed by atoms with E-state index in [0.717, 1.165) is 11.1 Å². The number of benzene rings is 2. The Balaban J connectivity index is 2.36. The standard InChI is InChI=1S/C15H14ClF/c1-10-4-3-5-12(8-10)15(16)13-6-7-14(17)11(2)9-13/h3-9,15H,1-2H3. The van der Waals surface area contributed by atoms with Gasteiger partial charge in [-0.2, -0.15) is 0 Å². The lowest BCUT2D eigenvalue weighted by atomic mass is 10.0. The maximum absolute atomic E-state index is 13.2. The number of hydrogen-bond acceptors (Lipinski definition) is 0. The van der Waals surface area contributed by atoms with Crippen molar-refractivity contribution in [2.75, 3.05) is 0 Å². The summed E-state index contributed by atoms with van der Waals surface area (Å²) in [6.45, 7) is 3.78. The van der Waals surface area contributed by atoms with Crippen LogP contribution < -0.4 is 0 Å². The molecule has 0 spiro atoms. The molecule has 0 saturated heterocycles. The van der Waals surface area contributed by atoms with Crippen molar-refractivity contribution < 1.29 is 4.39 Å². The van der Waals surface area contributed by atoms with Crippen molar-refractivity contribution in [2.45, 2.75) is 19.2 Å². The lowest BCUT2D eigenvalue weighted by Crippen LogP contribution is -1.95. The molecule has 0 aromatic heterocycles. The first kappa shape index (κ1) is 12.1. The predicted molar refractivity (Wildman–Crippen MR) is 70.0 cm³/mol. The van der Waals surface area contributed by atoms with E-state index in [2.05, 4.69) is 6.07 Å². The minimum atomic E-state index is -0.228. The smallest absolute Gasteiger partial charge is 0.126 e. The first-order valence-corrected chi connectivity index (χ1v) is 5.98. The molecule has 2 heteroatoms. The molecular weight excluding hydrogens is 235 g/mol. The molecule has 0 aliphatic rings. The molecule has 0 nitrogen and oxygen atoms in total. The molecule has 2 rings (SSSR count). The summed E-state index contributed by atoms with van der Waals surface area (Å²) in [5.41, 5.74) is 3.77. The van der Waals surface area contributed by atoms with Crippen molar-refractivity contribution in [2.24, 2.45) is 0 Å². The van der Waals surface area contributed by atoms with E-state index < -0.39 is 0 Å². The zero-order valence-corrected chi connectivity index (χ0v) is 10.6. The zero-order valence-electron chi connectivity index (χ0n) is 9.87. The number of alkyl halides is 1. The second-order valence-corrected chi connectivity index (χ2v) is 4.72. The Labute approximate surface area is 106 Å². The van der Waals surface area contributed by atoms with Crippen LogP contribution in [-0.2, 0) is 0 Å².